The molecule has 0 saturated heterocycles. The zero-order valence-electron chi connectivity index (χ0n) is 21.9. The van der Waals surface area contributed by atoms with Crippen molar-refractivity contribution in [2.24, 2.45) is 17.8 Å². The van der Waals surface area contributed by atoms with Crippen LogP contribution < -0.4 is 20.7 Å². The minimum Gasteiger partial charge on any atom is -0.481 e. The Balaban J connectivity index is 1.70. The fourth-order valence-corrected chi connectivity index (χ4v) is 4.89. The van der Waals surface area contributed by atoms with E-state index in [1.807, 2.05) is 0 Å². The number of urea groups is 1. The number of halogens is 3. The molecule has 1 saturated carbocycles. The Hall–Kier alpha value is -3.76. The summed E-state index contributed by atoms with van der Waals surface area (Å²) in [5.74, 6) is -0.436. The number of aliphatic carboxylic acids is 1. The lowest BCUT2D eigenvalue weighted by Crippen LogP contribution is -2.38. The normalized spacial score (nSPS) is 18.2. The van der Waals surface area contributed by atoms with E-state index in [0.717, 1.165) is 43.4 Å². The van der Waals surface area contributed by atoms with E-state index in [4.69, 9.17) is 5.11 Å². The zero-order chi connectivity index (χ0) is 28.6. The van der Waals surface area contributed by atoms with E-state index in [-0.39, 0.29) is 36.6 Å². The van der Waals surface area contributed by atoms with Gasteiger partial charge in [-0.25, -0.2) is 4.79 Å². The Kier molecular flexibility index (Phi) is 10.2. The molecule has 0 aromatic heterocycles. The van der Waals surface area contributed by atoms with Gasteiger partial charge < -0.3 is 25.8 Å². The van der Waals surface area contributed by atoms with Gasteiger partial charge in [0, 0.05) is 17.8 Å². The summed E-state index contributed by atoms with van der Waals surface area (Å²) in [6.45, 7) is 4.43. The fourth-order valence-electron chi connectivity index (χ4n) is 4.89. The van der Waals surface area contributed by atoms with Crippen LogP contribution in [0.15, 0.2) is 48.5 Å². The van der Waals surface area contributed by atoms with Crippen LogP contribution in [0.1, 0.15) is 67.9 Å². The number of carbonyl (C=O) groups excluding carboxylic acids is 2. The van der Waals surface area contributed by atoms with E-state index in [9.17, 15) is 27.6 Å². The Morgan fingerprint density at radius 1 is 0.949 bits per heavy atom. The van der Waals surface area contributed by atoms with E-state index < -0.39 is 18.4 Å². The molecule has 2 aromatic carbocycles. The van der Waals surface area contributed by atoms with E-state index in [1.165, 1.54) is 12.1 Å². The molecular weight excluding hydrogens is 515 g/mol. The number of nitrogens with one attached hydrogen (secondary N) is 3. The van der Waals surface area contributed by atoms with Gasteiger partial charge in [-0.15, -0.1) is 13.2 Å². The molecule has 39 heavy (non-hydrogen) atoms. The van der Waals surface area contributed by atoms with Crippen molar-refractivity contribution >= 4 is 23.6 Å². The zero-order valence-corrected chi connectivity index (χ0v) is 21.9. The predicted molar refractivity (Wildman–Crippen MR) is 139 cm³/mol. The van der Waals surface area contributed by atoms with Crippen LogP contribution in [-0.4, -0.2) is 35.9 Å². The lowest BCUT2D eigenvalue weighted by atomic mass is 9.73. The molecule has 1 aliphatic carbocycles. The van der Waals surface area contributed by atoms with Crippen LogP contribution in [0.4, 0.5) is 23.7 Å². The molecule has 8 nitrogen and oxygen atoms in total. The van der Waals surface area contributed by atoms with E-state index in [2.05, 4.69) is 34.5 Å². The summed E-state index contributed by atoms with van der Waals surface area (Å²) in [6.07, 6.45) is -1.09. The second-order valence-electron chi connectivity index (χ2n) is 10.1. The number of hydrogen-bond acceptors (Lipinski definition) is 4. The smallest absolute Gasteiger partial charge is 0.481 e. The lowest BCUT2D eigenvalue weighted by Gasteiger charge is -2.36. The van der Waals surface area contributed by atoms with Crippen molar-refractivity contribution in [3.05, 3.63) is 59.7 Å². The Morgan fingerprint density at radius 3 is 2.08 bits per heavy atom. The predicted octanol–water partition coefficient (Wildman–Crippen LogP) is 6.11. The van der Waals surface area contributed by atoms with Gasteiger partial charge in [0.2, 0.25) is 0 Å². The van der Waals surface area contributed by atoms with Crippen LogP contribution in [0.2, 0.25) is 0 Å². The Bertz CT molecular complexity index is 1110. The van der Waals surface area contributed by atoms with Crippen molar-refractivity contribution in [1.29, 1.82) is 0 Å². The first-order valence-electron chi connectivity index (χ1n) is 12.9. The number of hydrogen-bond donors (Lipinski definition) is 4. The number of amides is 3. The minimum absolute atomic E-state index is 0.0165. The molecule has 0 aliphatic heterocycles. The molecule has 0 heterocycles. The summed E-state index contributed by atoms with van der Waals surface area (Å²) >= 11 is 0. The third-order valence-corrected chi connectivity index (χ3v) is 7.02. The molecular formula is C28H34F3N3O5. The first kappa shape index (κ1) is 29.8. The largest absolute Gasteiger partial charge is 0.573 e. The second-order valence-corrected chi connectivity index (χ2v) is 10.1. The molecule has 1 aliphatic rings. The molecule has 11 heteroatoms. The second kappa shape index (κ2) is 13.3. The van der Waals surface area contributed by atoms with Gasteiger partial charge in [0.25, 0.3) is 5.91 Å². The Morgan fingerprint density at radius 2 is 1.54 bits per heavy atom. The third kappa shape index (κ3) is 9.49. The van der Waals surface area contributed by atoms with Gasteiger partial charge in [0.15, 0.2) is 0 Å². The monoisotopic (exact) mass is 549 g/mol. The van der Waals surface area contributed by atoms with Crippen molar-refractivity contribution in [3.63, 3.8) is 0 Å². The SMILES string of the molecule is CC(C)C1CCC(C(NC(=O)Nc2ccc(OC(F)(F)F)cc2)c2ccc(C(=O)NCCC(=O)O)cc2)CC1. The summed E-state index contributed by atoms with van der Waals surface area (Å²) in [6, 6.07) is 10.8. The number of alkyl halides is 3. The molecule has 3 amide bonds. The topological polar surface area (TPSA) is 117 Å². The first-order chi connectivity index (χ1) is 18.4. The maximum atomic E-state index is 12.9. The van der Waals surface area contributed by atoms with E-state index in [1.54, 1.807) is 24.3 Å². The number of anilines is 1. The number of carboxylic acids is 1. The standard InChI is InChI=1S/C28H34F3N3O5/c1-17(2)18-3-5-19(6-4-18)25(20-7-9-21(10-8-20)26(37)32-16-15-24(35)36)34-27(38)33-22-11-13-23(14-12-22)39-28(29,30)31/h7-14,17-19,25H,3-6,15-16H2,1-2H3,(H,32,37)(H,35,36)(H2,33,34,38). The first-order valence-corrected chi connectivity index (χ1v) is 12.9. The van der Waals surface area contributed by atoms with Gasteiger partial charge in [-0.2, -0.15) is 0 Å². The molecule has 3 rings (SSSR count). The molecule has 0 bridgehead atoms. The van der Waals surface area contributed by atoms with Crippen molar-refractivity contribution in [1.82, 2.24) is 10.6 Å². The third-order valence-electron chi connectivity index (χ3n) is 7.02. The summed E-state index contributed by atoms with van der Waals surface area (Å²) in [5, 5.41) is 17.0. The van der Waals surface area contributed by atoms with Gasteiger partial charge in [-0.05, 0) is 85.4 Å². The highest BCUT2D eigenvalue weighted by Crippen LogP contribution is 2.39. The highest BCUT2D eigenvalue weighted by molar-refractivity contribution is 5.94. The highest BCUT2D eigenvalue weighted by atomic mass is 19.4. The molecule has 0 radical (unpaired) electrons. The van der Waals surface area contributed by atoms with Gasteiger partial charge in [0.05, 0.1) is 12.5 Å². The molecule has 0 spiro atoms. The molecule has 1 atom stereocenters. The number of benzene rings is 2. The van der Waals surface area contributed by atoms with Crippen molar-refractivity contribution in [2.45, 2.75) is 58.4 Å². The van der Waals surface area contributed by atoms with Crippen molar-refractivity contribution in [2.75, 3.05) is 11.9 Å². The average molecular weight is 550 g/mol. The quantitative estimate of drug-likeness (QED) is 0.285. The molecule has 4 N–H and O–H groups in total. The highest BCUT2D eigenvalue weighted by Gasteiger charge is 2.32. The van der Waals surface area contributed by atoms with Crippen molar-refractivity contribution < 1.29 is 37.4 Å². The summed E-state index contributed by atoms with van der Waals surface area (Å²) < 4.78 is 41.1. The molecule has 1 unspecified atom stereocenters. The lowest BCUT2D eigenvalue weighted by molar-refractivity contribution is -0.274. The van der Waals surface area contributed by atoms with Crippen LogP contribution in [0.25, 0.3) is 0 Å². The maximum absolute atomic E-state index is 12.9. The number of ether oxygens (including phenoxy) is 1. The Labute approximate surface area is 225 Å². The maximum Gasteiger partial charge on any atom is 0.573 e. The number of rotatable bonds is 10. The van der Waals surface area contributed by atoms with E-state index >= 15 is 0 Å². The van der Waals surface area contributed by atoms with E-state index in [0.29, 0.717) is 23.1 Å². The van der Waals surface area contributed by atoms with Gasteiger partial charge in [0.1, 0.15) is 5.75 Å². The average Bonchev–Trinajstić information content (AvgIpc) is 2.87. The molecule has 1 fully saturated rings. The summed E-state index contributed by atoms with van der Waals surface area (Å²) in [4.78, 5) is 35.9. The minimum atomic E-state index is -4.80. The summed E-state index contributed by atoms with van der Waals surface area (Å²) in [7, 11) is 0. The number of carbonyl (C=O) groups is 3. The van der Waals surface area contributed by atoms with Crippen LogP contribution in [-0.2, 0) is 4.79 Å². The van der Waals surface area contributed by atoms with Gasteiger partial charge in [-0.1, -0.05) is 26.0 Å². The summed E-state index contributed by atoms with van der Waals surface area (Å²) in [5.41, 5.74) is 1.49. The molecule has 212 valence electrons. The van der Waals surface area contributed by atoms with Crippen LogP contribution in [0.3, 0.4) is 0 Å². The van der Waals surface area contributed by atoms with Gasteiger partial charge in [-0.3, -0.25) is 9.59 Å². The number of carboxylic acid groups (broad SMARTS) is 1. The molecule has 2 aromatic rings. The van der Waals surface area contributed by atoms with Crippen LogP contribution >= 0.6 is 0 Å². The fraction of sp³-hybridized carbons (Fsp3) is 0.464. The van der Waals surface area contributed by atoms with Crippen LogP contribution in [0.5, 0.6) is 5.75 Å². The van der Waals surface area contributed by atoms with Gasteiger partial charge >= 0.3 is 18.4 Å². The van der Waals surface area contributed by atoms with Crippen molar-refractivity contribution in [3.8, 4) is 5.75 Å². The van der Waals surface area contributed by atoms with Crippen LogP contribution in [0, 0.1) is 17.8 Å².